The van der Waals surface area contributed by atoms with Crippen LogP contribution in [0.5, 0.6) is 0 Å². The lowest BCUT2D eigenvalue weighted by molar-refractivity contribution is 0.571. The molecule has 0 aliphatic heterocycles. The van der Waals surface area contributed by atoms with Crippen molar-refractivity contribution in [2.24, 2.45) is 0 Å². The Kier molecular flexibility index (Phi) is 3.38. The van der Waals surface area contributed by atoms with E-state index < -0.39 is 0 Å². The van der Waals surface area contributed by atoms with Crippen molar-refractivity contribution < 1.29 is 0 Å². The van der Waals surface area contributed by atoms with Crippen LogP contribution in [0.4, 0.5) is 0 Å². The van der Waals surface area contributed by atoms with Gasteiger partial charge in [-0.1, -0.05) is 45.0 Å². The quantitative estimate of drug-likeness (QED) is 0.663. The number of benzene rings is 2. The average molecular weight is 287 g/mol. The normalized spacial score (nSPS) is 11.4. The molecule has 1 aromatic heterocycles. The molecule has 1 heterocycles. The molecule has 0 saturated heterocycles. The predicted molar refractivity (Wildman–Crippen MR) is 88.4 cm³/mol. The summed E-state index contributed by atoms with van der Waals surface area (Å²) in [5.41, 5.74) is 4.99. The highest BCUT2D eigenvalue weighted by atomic mass is 14.8. The minimum absolute atomic E-state index is 0.130. The van der Waals surface area contributed by atoms with E-state index in [0.29, 0.717) is 5.56 Å². The Morgan fingerprint density at radius 1 is 0.909 bits per heavy atom. The molecule has 0 radical (unpaired) electrons. The number of rotatable bonds is 1. The number of aromatic nitrogens is 2. The van der Waals surface area contributed by atoms with Crippen LogP contribution in [0, 0.1) is 11.3 Å². The van der Waals surface area contributed by atoms with Gasteiger partial charge in [-0.2, -0.15) is 5.26 Å². The molecule has 0 unspecified atom stereocenters. The Bertz CT molecular complexity index is 883. The highest BCUT2D eigenvalue weighted by Gasteiger charge is 2.22. The lowest BCUT2D eigenvalue weighted by Crippen LogP contribution is -2.16. The smallest absolute Gasteiger partial charge is 0.0991 e. The van der Waals surface area contributed by atoms with Crippen LogP contribution in [0.25, 0.3) is 22.3 Å². The summed E-state index contributed by atoms with van der Waals surface area (Å²) in [6.45, 7) is 6.39. The number of para-hydroxylation sites is 2. The zero-order valence-corrected chi connectivity index (χ0v) is 13.0. The summed E-state index contributed by atoms with van der Waals surface area (Å²) in [5, 5.41) is 9.12. The van der Waals surface area contributed by atoms with E-state index in [1.165, 1.54) is 0 Å². The zero-order chi connectivity index (χ0) is 15.7. The molecule has 2 aromatic carbocycles. The Labute approximate surface area is 130 Å². The van der Waals surface area contributed by atoms with Crippen molar-refractivity contribution in [3.8, 4) is 17.3 Å². The van der Waals surface area contributed by atoms with Gasteiger partial charge in [0.25, 0.3) is 0 Å². The molecule has 3 nitrogen and oxygen atoms in total. The van der Waals surface area contributed by atoms with Crippen LogP contribution in [0.3, 0.4) is 0 Å². The Hall–Kier alpha value is -2.73. The molecule has 108 valence electrons. The molecule has 0 amide bonds. The van der Waals surface area contributed by atoms with Crippen molar-refractivity contribution in [2.45, 2.75) is 26.2 Å². The molecule has 0 atom stereocenters. The maximum Gasteiger partial charge on any atom is 0.0991 e. The van der Waals surface area contributed by atoms with Crippen LogP contribution in [0.15, 0.2) is 48.5 Å². The molecule has 3 rings (SSSR count). The second-order valence-electron chi connectivity index (χ2n) is 6.35. The molecular weight excluding hydrogens is 270 g/mol. The van der Waals surface area contributed by atoms with Gasteiger partial charge in [-0.15, -0.1) is 0 Å². The van der Waals surface area contributed by atoms with E-state index in [4.69, 9.17) is 15.2 Å². The van der Waals surface area contributed by atoms with E-state index in [1.807, 2.05) is 42.5 Å². The third-order valence-electron chi connectivity index (χ3n) is 3.55. The van der Waals surface area contributed by atoms with Crippen molar-refractivity contribution in [3.05, 3.63) is 59.8 Å². The molecule has 0 spiro atoms. The van der Waals surface area contributed by atoms with Gasteiger partial charge in [0.2, 0.25) is 0 Å². The second-order valence-corrected chi connectivity index (χ2v) is 6.35. The summed E-state index contributed by atoms with van der Waals surface area (Å²) >= 11 is 0. The third kappa shape index (κ3) is 2.56. The van der Waals surface area contributed by atoms with Crippen molar-refractivity contribution in [1.29, 1.82) is 5.26 Å². The minimum Gasteiger partial charge on any atom is -0.248 e. The molecule has 0 saturated carbocycles. The van der Waals surface area contributed by atoms with Crippen LogP contribution in [-0.4, -0.2) is 9.97 Å². The van der Waals surface area contributed by atoms with Gasteiger partial charge < -0.3 is 0 Å². The van der Waals surface area contributed by atoms with E-state index in [9.17, 15) is 0 Å². The maximum atomic E-state index is 9.12. The van der Waals surface area contributed by atoms with Crippen LogP contribution in [-0.2, 0) is 5.41 Å². The summed E-state index contributed by atoms with van der Waals surface area (Å²) < 4.78 is 0. The van der Waals surface area contributed by atoms with Gasteiger partial charge in [-0.25, -0.2) is 9.97 Å². The Morgan fingerprint density at radius 3 is 2.23 bits per heavy atom. The molecule has 0 aliphatic carbocycles. The van der Waals surface area contributed by atoms with Crippen molar-refractivity contribution >= 4 is 11.0 Å². The fraction of sp³-hybridized carbons (Fsp3) is 0.211. The largest absolute Gasteiger partial charge is 0.248 e. The molecule has 0 N–H and O–H groups in total. The van der Waals surface area contributed by atoms with Crippen LogP contribution >= 0.6 is 0 Å². The Morgan fingerprint density at radius 2 is 1.59 bits per heavy atom. The van der Waals surface area contributed by atoms with Crippen LogP contribution < -0.4 is 0 Å². The highest BCUT2D eigenvalue weighted by Crippen LogP contribution is 2.32. The maximum absolute atomic E-state index is 9.12. The van der Waals surface area contributed by atoms with Crippen molar-refractivity contribution in [3.63, 3.8) is 0 Å². The second kappa shape index (κ2) is 5.23. The molecule has 3 heteroatoms. The van der Waals surface area contributed by atoms with Crippen LogP contribution in [0.2, 0.25) is 0 Å². The zero-order valence-electron chi connectivity index (χ0n) is 13.0. The summed E-state index contributed by atoms with van der Waals surface area (Å²) in [5.74, 6) is 0. The molecular formula is C19H17N3. The molecule has 3 aromatic rings. The van der Waals surface area contributed by atoms with E-state index in [-0.39, 0.29) is 5.41 Å². The summed E-state index contributed by atoms with van der Waals surface area (Å²) in [6, 6.07) is 17.6. The van der Waals surface area contributed by atoms with Gasteiger partial charge >= 0.3 is 0 Å². The van der Waals surface area contributed by atoms with Gasteiger partial charge in [-0.05, 0) is 24.3 Å². The summed E-state index contributed by atoms with van der Waals surface area (Å²) in [6.07, 6.45) is 0. The predicted octanol–water partition coefficient (Wildman–Crippen LogP) is 4.47. The number of nitriles is 1. The lowest BCUT2D eigenvalue weighted by atomic mass is 9.88. The number of nitrogens with zero attached hydrogens (tertiary/aromatic N) is 3. The first-order valence-corrected chi connectivity index (χ1v) is 7.27. The van der Waals surface area contributed by atoms with Gasteiger partial charge in [0, 0.05) is 11.0 Å². The van der Waals surface area contributed by atoms with Gasteiger partial charge in [-0.3, -0.25) is 0 Å². The van der Waals surface area contributed by atoms with Gasteiger partial charge in [0.15, 0.2) is 0 Å². The van der Waals surface area contributed by atoms with Gasteiger partial charge in [0.1, 0.15) is 0 Å². The fourth-order valence-corrected chi connectivity index (χ4v) is 2.46. The van der Waals surface area contributed by atoms with Gasteiger partial charge in [0.05, 0.1) is 34.1 Å². The minimum atomic E-state index is -0.130. The van der Waals surface area contributed by atoms with Crippen molar-refractivity contribution in [2.75, 3.05) is 0 Å². The van der Waals surface area contributed by atoms with Crippen LogP contribution in [0.1, 0.15) is 32.0 Å². The molecule has 22 heavy (non-hydrogen) atoms. The lowest BCUT2D eigenvalue weighted by Gasteiger charge is -2.21. The fourth-order valence-electron chi connectivity index (χ4n) is 2.46. The average Bonchev–Trinajstić information content (AvgIpc) is 2.53. The highest BCUT2D eigenvalue weighted by molar-refractivity contribution is 5.79. The molecule has 0 aliphatic rings. The Balaban J connectivity index is 2.33. The van der Waals surface area contributed by atoms with E-state index >= 15 is 0 Å². The molecule has 0 fully saturated rings. The number of fused-ring (bicyclic) bond motifs is 1. The molecule has 0 bridgehead atoms. The third-order valence-corrected chi connectivity index (χ3v) is 3.55. The topological polar surface area (TPSA) is 49.6 Å². The first-order valence-electron chi connectivity index (χ1n) is 7.27. The number of hydrogen-bond acceptors (Lipinski definition) is 3. The summed E-state index contributed by atoms with van der Waals surface area (Å²) in [7, 11) is 0. The summed E-state index contributed by atoms with van der Waals surface area (Å²) in [4.78, 5) is 9.65. The van der Waals surface area contributed by atoms with Crippen molar-refractivity contribution in [1.82, 2.24) is 9.97 Å². The van der Waals surface area contributed by atoms with E-state index in [1.54, 1.807) is 6.07 Å². The first-order chi connectivity index (χ1) is 10.5. The first kappa shape index (κ1) is 14.2. The number of hydrogen-bond donors (Lipinski definition) is 0. The van der Waals surface area contributed by atoms with E-state index in [2.05, 4.69) is 26.8 Å². The standard InChI is InChI=1S/C19H17N3/c1-19(2,3)18-17(14-8-6-7-13(11-14)12-20)21-15-9-4-5-10-16(15)22-18/h4-11H,1-3H3. The SMILES string of the molecule is CC(C)(C)c1nc2ccccc2nc1-c1cccc(C#N)c1. The monoisotopic (exact) mass is 287 g/mol. The van der Waals surface area contributed by atoms with E-state index in [0.717, 1.165) is 28.0 Å².